The van der Waals surface area contributed by atoms with E-state index in [1.54, 1.807) is 13.8 Å². The molecule has 1 heterocycles. The summed E-state index contributed by atoms with van der Waals surface area (Å²) in [4.78, 5) is 16.2. The van der Waals surface area contributed by atoms with E-state index in [1.165, 1.54) is 0 Å². The summed E-state index contributed by atoms with van der Waals surface area (Å²) < 4.78 is 5.69. The zero-order chi connectivity index (χ0) is 16.2. The highest BCUT2D eigenvalue weighted by Crippen LogP contribution is 2.22. The van der Waals surface area contributed by atoms with Crippen molar-refractivity contribution in [1.82, 2.24) is 9.80 Å². The van der Waals surface area contributed by atoms with Gasteiger partial charge in [-0.15, -0.1) is 24.8 Å². The van der Waals surface area contributed by atoms with Crippen LogP contribution in [0.15, 0.2) is 24.3 Å². The lowest BCUT2D eigenvalue weighted by molar-refractivity contribution is -0.137. The van der Waals surface area contributed by atoms with Crippen LogP contribution in [0.4, 0.5) is 0 Å². The Morgan fingerprint density at radius 3 is 2.33 bits per heavy atom. The Balaban J connectivity index is 0.00000264. The molecule has 1 aromatic carbocycles. The molecule has 2 N–H and O–H groups in total. The van der Waals surface area contributed by atoms with Crippen molar-refractivity contribution < 1.29 is 9.53 Å². The van der Waals surface area contributed by atoms with Crippen molar-refractivity contribution in [2.45, 2.75) is 19.4 Å². The van der Waals surface area contributed by atoms with Gasteiger partial charge in [0.15, 0.2) is 0 Å². The average molecular weight is 399 g/mol. The number of amides is 1. The fourth-order valence-electron chi connectivity index (χ4n) is 2.43. The summed E-state index contributed by atoms with van der Waals surface area (Å²) in [5.74, 6) is 0.724. The maximum atomic E-state index is 12.1. The largest absolute Gasteiger partial charge is 0.491 e. The molecular formula is C16H26Cl3N3O2. The van der Waals surface area contributed by atoms with Gasteiger partial charge < -0.3 is 15.4 Å². The number of nitrogens with zero attached hydrogens (tertiary/aromatic N) is 2. The van der Waals surface area contributed by atoms with Crippen molar-refractivity contribution in [2.24, 2.45) is 5.73 Å². The summed E-state index contributed by atoms with van der Waals surface area (Å²) >= 11 is 6.05. The Hall–Kier alpha value is -0.720. The zero-order valence-electron chi connectivity index (χ0n) is 14.0. The molecule has 1 aliphatic heterocycles. The molecule has 1 aliphatic rings. The van der Waals surface area contributed by atoms with Crippen molar-refractivity contribution in [3.05, 3.63) is 29.3 Å². The number of halogens is 3. The number of hydrogen-bond donors (Lipinski definition) is 1. The van der Waals surface area contributed by atoms with Gasteiger partial charge >= 0.3 is 0 Å². The van der Waals surface area contributed by atoms with Crippen molar-refractivity contribution >= 4 is 42.3 Å². The Labute approximate surface area is 161 Å². The van der Waals surface area contributed by atoms with Crippen LogP contribution in [-0.4, -0.2) is 60.6 Å². The quantitative estimate of drug-likeness (QED) is 0.827. The molecule has 0 radical (unpaired) electrons. The number of carbonyl (C=O) groups is 1. The monoisotopic (exact) mass is 397 g/mol. The van der Waals surface area contributed by atoms with Crippen LogP contribution in [0.5, 0.6) is 5.75 Å². The molecule has 24 heavy (non-hydrogen) atoms. The Kier molecular flexibility index (Phi) is 10.0. The van der Waals surface area contributed by atoms with Gasteiger partial charge in [-0.05, 0) is 26.0 Å². The predicted octanol–water partition coefficient (Wildman–Crippen LogP) is 2.44. The molecule has 138 valence electrons. The third-order valence-corrected chi connectivity index (χ3v) is 4.02. The second-order valence-electron chi connectivity index (χ2n) is 6.13. The van der Waals surface area contributed by atoms with E-state index in [1.807, 2.05) is 29.2 Å². The van der Waals surface area contributed by atoms with Gasteiger partial charge in [0.05, 0.1) is 10.6 Å². The summed E-state index contributed by atoms with van der Waals surface area (Å²) in [6.07, 6.45) is 0. The first-order valence-corrected chi connectivity index (χ1v) is 7.93. The molecule has 0 unspecified atom stereocenters. The van der Waals surface area contributed by atoms with Gasteiger partial charge in [0.25, 0.3) is 0 Å². The normalized spacial score (nSPS) is 15.2. The maximum Gasteiger partial charge on any atom is 0.242 e. The molecule has 0 spiro atoms. The molecular weight excluding hydrogens is 373 g/mol. The van der Waals surface area contributed by atoms with Crippen molar-refractivity contribution in [3.63, 3.8) is 0 Å². The summed E-state index contributed by atoms with van der Waals surface area (Å²) in [6, 6.07) is 7.46. The molecule has 0 saturated carbocycles. The van der Waals surface area contributed by atoms with Gasteiger partial charge in [-0.25, -0.2) is 0 Å². The molecule has 1 fully saturated rings. The van der Waals surface area contributed by atoms with E-state index in [0.717, 1.165) is 19.6 Å². The first-order valence-electron chi connectivity index (χ1n) is 7.56. The number of piperazine rings is 1. The van der Waals surface area contributed by atoms with Crippen LogP contribution in [-0.2, 0) is 4.79 Å². The molecule has 0 aliphatic carbocycles. The minimum absolute atomic E-state index is 0. The Bertz CT molecular complexity index is 516. The molecule has 1 amide bonds. The topological polar surface area (TPSA) is 58.8 Å². The molecule has 8 heteroatoms. The van der Waals surface area contributed by atoms with Crippen molar-refractivity contribution in [1.29, 1.82) is 0 Å². The number of ether oxygens (including phenoxy) is 1. The van der Waals surface area contributed by atoms with Gasteiger partial charge in [0.1, 0.15) is 12.4 Å². The van der Waals surface area contributed by atoms with E-state index in [0.29, 0.717) is 30.5 Å². The minimum Gasteiger partial charge on any atom is -0.491 e. The lowest BCUT2D eigenvalue weighted by Gasteiger charge is -2.37. The highest BCUT2D eigenvalue weighted by atomic mass is 35.5. The van der Waals surface area contributed by atoms with E-state index in [-0.39, 0.29) is 30.7 Å². The molecule has 0 aromatic heterocycles. The van der Waals surface area contributed by atoms with Gasteiger partial charge in [-0.1, -0.05) is 23.7 Å². The van der Waals surface area contributed by atoms with Crippen molar-refractivity contribution in [2.75, 3.05) is 39.3 Å². The van der Waals surface area contributed by atoms with Crippen LogP contribution < -0.4 is 10.5 Å². The molecule has 0 atom stereocenters. The highest BCUT2D eigenvalue weighted by Gasteiger charge is 2.29. The van der Waals surface area contributed by atoms with E-state index >= 15 is 0 Å². The first-order chi connectivity index (χ1) is 10.4. The van der Waals surface area contributed by atoms with Crippen LogP contribution in [0.2, 0.25) is 5.02 Å². The molecule has 5 nitrogen and oxygen atoms in total. The number of nitrogens with two attached hydrogens (primary N) is 1. The average Bonchev–Trinajstić information content (AvgIpc) is 2.48. The highest BCUT2D eigenvalue weighted by molar-refractivity contribution is 6.32. The first kappa shape index (κ1) is 23.3. The Morgan fingerprint density at radius 2 is 1.79 bits per heavy atom. The summed E-state index contributed by atoms with van der Waals surface area (Å²) in [7, 11) is 0. The van der Waals surface area contributed by atoms with Crippen LogP contribution in [0.3, 0.4) is 0 Å². The van der Waals surface area contributed by atoms with Crippen LogP contribution >= 0.6 is 36.4 Å². The SMILES string of the molecule is CC(C)(N)C(=O)N1CCN(CCOc2ccccc2Cl)CC1.Cl.Cl. The van der Waals surface area contributed by atoms with Crippen molar-refractivity contribution in [3.8, 4) is 5.75 Å². The van der Waals surface area contributed by atoms with Gasteiger partial charge in [-0.3, -0.25) is 9.69 Å². The number of benzene rings is 1. The fourth-order valence-corrected chi connectivity index (χ4v) is 2.62. The summed E-state index contributed by atoms with van der Waals surface area (Å²) in [5, 5.41) is 0.628. The van der Waals surface area contributed by atoms with Gasteiger partial charge in [0, 0.05) is 32.7 Å². The third kappa shape index (κ3) is 6.65. The molecule has 1 aromatic rings. The second-order valence-corrected chi connectivity index (χ2v) is 6.54. The Morgan fingerprint density at radius 1 is 1.21 bits per heavy atom. The third-order valence-electron chi connectivity index (χ3n) is 3.71. The fraction of sp³-hybridized carbons (Fsp3) is 0.562. The lowest BCUT2D eigenvalue weighted by atomic mass is 10.0. The maximum absolute atomic E-state index is 12.1. The zero-order valence-corrected chi connectivity index (χ0v) is 16.4. The summed E-state index contributed by atoms with van der Waals surface area (Å²) in [5.41, 5.74) is 5.07. The molecule has 0 bridgehead atoms. The minimum atomic E-state index is -0.796. The van der Waals surface area contributed by atoms with E-state index in [9.17, 15) is 4.79 Å². The van der Waals surface area contributed by atoms with Gasteiger partial charge in [0.2, 0.25) is 5.91 Å². The standard InChI is InChI=1S/C16H24ClN3O2.2ClH/c1-16(2,18)15(21)20-9-7-19(8-10-20)11-12-22-14-6-4-3-5-13(14)17;;/h3-6H,7-12,18H2,1-2H3;2*1H. The number of para-hydroxylation sites is 1. The smallest absolute Gasteiger partial charge is 0.242 e. The van der Waals surface area contributed by atoms with Crippen LogP contribution in [0.25, 0.3) is 0 Å². The van der Waals surface area contributed by atoms with E-state index in [2.05, 4.69) is 4.90 Å². The van der Waals surface area contributed by atoms with Crippen LogP contribution in [0.1, 0.15) is 13.8 Å². The van der Waals surface area contributed by atoms with Crippen LogP contribution in [0, 0.1) is 0 Å². The predicted molar refractivity (Wildman–Crippen MR) is 103 cm³/mol. The second kappa shape index (κ2) is 10.3. The number of hydrogen-bond acceptors (Lipinski definition) is 4. The van der Waals surface area contributed by atoms with E-state index < -0.39 is 5.54 Å². The molecule has 2 rings (SSSR count). The summed E-state index contributed by atoms with van der Waals surface area (Å²) in [6.45, 7) is 8.01. The number of carbonyl (C=O) groups excluding carboxylic acids is 1. The van der Waals surface area contributed by atoms with E-state index in [4.69, 9.17) is 22.1 Å². The lowest BCUT2D eigenvalue weighted by Crippen LogP contribution is -2.57. The molecule has 1 saturated heterocycles. The van der Waals surface area contributed by atoms with Gasteiger partial charge in [-0.2, -0.15) is 0 Å². The number of rotatable bonds is 5.